The van der Waals surface area contributed by atoms with Gasteiger partial charge in [0.25, 0.3) is 0 Å². The number of aliphatic carboxylic acids is 1. The molecule has 3 unspecified atom stereocenters. The van der Waals surface area contributed by atoms with E-state index in [9.17, 15) is 4.79 Å². The Hall–Kier alpha value is -0.610. The molecule has 0 spiro atoms. The predicted molar refractivity (Wildman–Crippen MR) is 55.4 cm³/mol. The van der Waals surface area contributed by atoms with Crippen molar-refractivity contribution in [3.8, 4) is 0 Å². The van der Waals surface area contributed by atoms with E-state index in [1.54, 1.807) is 6.92 Å². The number of carboxylic acids is 1. The zero-order valence-electron chi connectivity index (χ0n) is 9.41. The third-order valence-corrected chi connectivity index (χ3v) is 2.32. The molecule has 4 nitrogen and oxygen atoms in total. The van der Waals surface area contributed by atoms with Crippen molar-refractivity contribution in [1.82, 2.24) is 5.32 Å². The Balaban J connectivity index is 3.72. The zero-order chi connectivity index (χ0) is 11.1. The lowest BCUT2D eigenvalue weighted by molar-refractivity contribution is -0.142. The van der Waals surface area contributed by atoms with Crippen LogP contribution in [-0.4, -0.2) is 36.4 Å². The standard InChI is InChI=1S/C10H21NO3/c1-5-14-7(2)6-11-9(4)8(3)10(12)13/h7-9,11H,5-6H2,1-4H3,(H,12,13). The second-order valence-corrected chi connectivity index (χ2v) is 3.59. The minimum absolute atomic E-state index is 0.0320. The molecule has 0 heterocycles. The Morgan fingerprint density at radius 3 is 2.43 bits per heavy atom. The molecule has 4 heteroatoms. The van der Waals surface area contributed by atoms with Crippen LogP contribution in [0.4, 0.5) is 0 Å². The summed E-state index contributed by atoms with van der Waals surface area (Å²) in [4.78, 5) is 10.6. The first-order valence-corrected chi connectivity index (χ1v) is 5.06. The minimum Gasteiger partial charge on any atom is -0.481 e. The van der Waals surface area contributed by atoms with E-state index in [1.807, 2.05) is 20.8 Å². The van der Waals surface area contributed by atoms with Gasteiger partial charge in [-0.1, -0.05) is 6.92 Å². The van der Waals surface area contributed by atoms with Gasteiger partial charge in [0.05, 0.1) is 12.0 Å². The Kier molecular flexibility index (Phi) is 6.49. The molecule has 0 aliphatic carbocycles. The maximum absolute atomic E-state index is 10.6. The highest BCUT2D eigenvalue weighted by Crippen LogP contribution is 2.02. The molecule has 0 aliphatic heterocycles. The highest BCUT2D eigenvalue weighted by atomic mass is 16.5. The predicted octanol–water partition coefficient (Wildman–Crippen LogP) is 1.11. The number of carbonyl (C=O) groups is 1. The van der Waals surface area contributed by atoms with Crippen LogP contribution in [0.15, 0.2) is 0 Å². The minimum atomic E-state index is -0.769. The van der Waals surface area contributed by atoms with Crippen molar-refractivity contribution in [2.75, 3.05) is 13.2 Å². The lowest BCUT2D eigenvalue weighted by atomic mass is 10.0. The number of ether oxygens (including phenoxy) is 1. The third-order valence-electron chi connectivity index (χ3n) is 2.32. The summed E-state index contributed by atoms with van der Waals surface area (Å²) in [5.74, 6) is -1.14. The summed E-state index contributed by atoms with van der Waals surface area (Å²) in [6, 6.07) is -0.0320. The Morgan fingerprint density at radius 2 is 2.00 bits per heavy atom. The van der Waals surface area contributed by atoms with E-state index in [0.29, 0.717) is 13.2 Å². The SMILES string of the molecule is CCOC(C)CNC(C)C(C)C(=O)O. The van der Waals surface area contributed by atoms with Gasteiger partial charge in [0.2, 0.25) is 0 Å². The van der Waals surface area contributed by atoms with Gasteiger partial charge in [-0.25, -0.2) is 0 Å². The van der Waals surface area contributed by atoms with Crippen LogP contribution in [0.5, 0.6) is 0 Å². The molecule has 0 aromatic heterocycles. The molecule has 0 amide bonds. The van der Waals surface area contributed by atoms with E-state index >= 15 is 0 Å². The van der Waals surface area contributed by atoms with Crippen molar-refractivity contribution in [2.45, 2.75) is 39.8 Å². The van der Waals surface area contributed by atoms with Gasteiger partial charge < -0.3 is 15.2 Å². The van der Waals surface area contributed by atoms with E-state index in [0.717, 1.165) is 0 Å². The molecule has 0 bridgehead atoms. The van der Waals surface area contributed by atoms with Gasteiger partial charge in [0, 0.05) is 19.2 Å². The van der Waals surface area contributed by atoms with Crippen molar-refractivity contribution < 1.29 is 14.6 Å². The van der Waals surface area contributed by atoms with Crippen LogP contribution in [-0.2, 0) is 9.53 Å². The summed E-state index contributed by atoms with van der Waals surface area (Å²) in [6.07, 6.45) is 0.128. The van der Waals surface area contributed by atoms with E-state index in [1.165, 1.54) is 0 Å². The first-order chi connectivity index (χ1) is 6.49. The van der Waals surface area contributed by atoms with Crippen molar-refractivity contribution >= 4 is 5.97 Å². The molecule has 3 atom stereocenters. The molecule has 2 N–H and O–H groups in total. The summed E-state index contributed by atoms with van der Waals surface area (Å²) in [5, 5.41) is 11.9. The Morgan fingerprint density at radius 1 is 1.43 bits per heavy atom. The summed E-state index contributed by atoms with van der Waals surface area (Å²) in [5.41, 5.74) is 0. The fourth-order valence-electron chi connectivity index (χ4n) is 1.09. The van der Waals surface area contributed by atoms with Gasteiger partial charge in [0.15, 0.2) is 0 Å². The van der Waals surface area contributed by atoms with Crippen LogP contribution in [0.25, 0.3) is 0 Å². The maximum Gasteiger partial charge on any atom is 0.307 e. The largest absolute Gasteiger partial charge is 0.481 e. The quantitative estimate of drug-likeness (QED) is 0.650. The van der Waals surface area contributed by atoms with Crippen LogP contribution >= 0.6 is 0 Å². The van der Waals surface area contributed by atoms with Crippen LogP contribution in [0.1, 0.15) is 27.7 Å². The maximum atomic E-state index is 10.6. The topological polar surface area (TPSA) is 58.6 Å². The summed E-state index contributed by atoms with van der Waals surface area (Å²) in [6.45, 7) is 8.86. The fourth-order valence-corrected chi connectivity index (χ4v) is 1.09. The van der Waals surface area contributed by atoms with Gasteiger partial charge in [-0.15, -0.1) is 0 Å². The van der Waals surface area contributed by atoms with Crippen LogP contribution in [0.3, 0.4) is 0 Å². The molecular formula is C10H21NO3. The number of rotatable bonds is 7. The zero-order valence-corrected chi connectivity index (χ0v) is 9.41. The third kappa shape index (κ3) is 5.19. The highest BCUT2D eigenvalue weighted by molar-refractivity contribution is 5.70. The molecular weight excluding hydrogens is 182 g/mol. The second-order valence-electron chi connectivity index (χ2n) is 3.59. The molecule has 0 radical (unpaired) electrons. The first kappa shape index (κ1) is 13.4. The number of hydrogen-bond acceptors (Lipinski definition) is 3. The molecule has 0 aromatic rings. The fraction of sp³-hybridized carbons (Fsp3) is 0.900. The van der Waals surface area contributed by atoms with Crippen molar-refractivity contribution in [1.29, 1.82) is 0 Å². The average molecular weight is 203 g/mol. The molecule has 0 saturated carbocycles. The van der Waals surface area contributed by atoms with Gasteiger partial charge in [-0.3, -0.25) is 4.79 Å². The van der Waals surface area contributed by atoms with Gasteiger partial charge in [-0.2, -0.15) is 0 Å². The second kappa shape index (κ2) is 6.79. The molecule has 84 valence electrons. The Labute approximate surface area is 85.6 Å². The molecule has 0 saturated heterocycles. The van der Waals surface area contributed by atoms with E-state index in [-0.39, 0.29) is 18.1 Å². The van der Waals surface area contributed by atoms with Crippen molar-refractivity contribution in [2.24, 2.45) is 5.92 Å². The molecule has 0 aromatic carbocycles. The molecule has 0 rings (SSSR count). The van der Waals surface area contributed by atoms with Crippen LogP contribution in [0, 0.1) is 5.92 Å². The van der Waals surface area contributed by atoms with E-state index in [2.05, 4.69) is 5.32 Å². The van der Waals surface area contributed by atoms with Crippen LogP contribution < -0.4 is 5.32 Å². The summed E-state index contributed by atoms with van der Waals surface area (Å²) < 4.78 is 5.32. The van der Waals surface area contributed by atoms with Gasteiger partial charge in [-0.05, 0) is 20.8 Å². The number of hydrogen-bond donors (Lipinski definition) is 2. The number of nitrogens with one attached hydrogen (secondary N) is 1. The molecule has 0 fully saturated rings. The molecule has 14 heavy (non-hydrogen) atoms. The van der Waals surface area contributed by atoms with Crippen molar-refractivity contribution in [3.05, 3.63) is 0 Å². The summed E-state index contributed by atoms with van der Waals surface area (Å²) in [7, 11) is 0. The summed E-state index contributed by atoms with van der Waals surface area (Å²) >= 11 is 0. The number of carboxylic acid groups (broad SMARTS) is 1. The lowest BCUT2D eigenvalue weighted by Crippen LogP contribution is -2.40. The van der Waals surface area contributed by atoms with E-state index in [4.69, 9.17) is 9.84 Å². The average Bonchev–Trinajstić information content (AvgIpc) is 2.13. The van der Waals surface area contributed by atoms with Crippen LogP contribution in [0.2, 0.25) is 0 Å². The molecule has 0 aliphatic rings. The van der Waals surface area contributed by atoms with Crippen molar-refractivity contribution in [3.63, 3.8) is 0 Å². The highest BCUT2D eigenvalue weighted by Gasteiger charge is 2.19. The van der Waals surface area contributed by atoms with Gasteiger partial charge in [0.1, 0.15) is 0 Å². The van der Waals surface area contributed by atoms with Gasteiger partial charge >= 0.3 is 5.97 Å². The normalized spacial score (nSPS) is 17.4. The monoisotopic (exact) mass is 203 g/mol. The first-order valence-electron chi connectivity index (χ1n) is 5.06. The lowest BCUT2D eigenvalue weighted by Gasteiger charge is -2.20. The van der Waals surface area contributed by atoms with E-state index < -0.39 is 5.97 Å². The smallest absolute Gasteiger partial charge is 0.307 e. The Bertz CT molecular complexity index is 173.